The van der Waals surface area contributed by atoms with E-state index in [9.17, 15) is 4.79 Å². The van der Waals surface area contributed by atoms with Crippen LogP contribution in [0, 0.1) is 0 Å². The summed E-state index contributed by atoms with van der Waals surface area (Å²) in [5, 5.41) is 2.81. The molecule has 2 rings (SSSR count). The lowest BCUT2D eigenvalue weighted by Gasteiger charge is -2.36. The number of rotatable bonds is 1. The van der Waals surface area contributed by atoms with Crippen molar-refractivity contribution in [3.8, 4) is 0 Å². The van der Waals surface area contributed by atoms with E-state index in [-0.39, 0.29) is 12.1 Å². The molecule has 3 N–H and O–H groups in total. The number of likely N-dealkylation sites (tertiary alicyclic amines) is 1. The first-order chi connectivity index (χ1) is 7.15. The zero-order chi connectivity index (χ0) is 10.8. The number of urea groups is 1. The minimum absolute atomic E-state index is 0.0881. The summed E-state index contributed by atoms with van der Waals surface area (Å²) < 4.78 is 0.945. The van der Waals surface area contributed by atoms with Crippen LogP contribution in [-0.4, -0.2) is 30.1 Å². The largest absolute Gasteiger partial charge is 0.325 e. The van der Waals surface area contributed by atoms with E-state index < -0.39 is 0 Å². The molecule has 0 radical (unpaired) electrons. The predicted molar refractivity (Wildman–Crippen MR) is 62.7 cm³/mol. The molecule has 1 aliphatic rings. The molecule has 5 heteroatoms. The van der Waals surface area contributed by atoms with Crippen LogP contribution in [0.2, 0.25) is 0 Å². The van der Waals surface area contributed by atoms with Crippen molar-refractivity contribution in [1.29, 1.82) is 0 Å². The van der Waals surface area contributed by atoms with Gasteiger partial charge in [0.1, 0.15) is 0 Å². The summed E-state index contributed by atoms with van der Waals surface area (Å²) in [5.41, 5.74) is 6.38. The summed E-state index contributed by atoms with van der Waals surface area (Å²) in [6.45, 7) is 1.28. The molecule has 2 amide bonds. The number of nitrogens with two attached hydrogens (primary N) is 1. The lowest BCUT2D eigenvalue weighted by Crippen LogP contribution is -2.58. The van der Waals surface area contributed by atoms with Gasteiger partial charge in [-0.3, -0.25) is 0 Å². The normalized spacial score (nSPS) is 16.0. The molecular formula is C10H12BrN3O. The second-order valence-electron chi connectivity index (χ2n) is 3.61. The first-order valence-corrected chi connectivity index (χ1v) is 5.51. The van der Waals surface area contributed by atoms with Gasteiger partial charge in [0.15, 0.2) is 0 Å². The van der Waals surface area contributed by atoms with Gasteiger partial charge in [0.2, 0.25) is 0 Å². The number of carbonyl (C=O) groups is 1. The molecule has 1 aromatic rings. The van der Waals surface area contributed by atoms with Gasteiger partial charge in [0, 0.05) is 29.3 Å². The Kier molecular flexibility index (Phi) is 2.93. The number of amides is 2. The Balaban J connectivity index is 1.94. The van der Waals surface area contributed by atoms with Gasteiger partial charge >= 0.3 is 6.03 Å². The highest BCUT2D eigenvalue weighted by atomic mass is 79.9. The van der Waals surface area contributed by atoms with Crippen LogP contribution in [-0.2, 0) is 0 Å². The molecule has 15 heavy (non-hydrogen) atoms. The van der Waals surface area contributed by atoms with E-state index in [2.05, 4.69) is 21.2 Å². The number of hydrogen-bond acceptors (Lipinski definition) is 2. The predicted octanol–water partition coefficient (Wildman–Crippen LogP) is 1.62. The van der Waals surface area contributed by atoms with Crippen LogP contribution < -0.4 is 11.1 Å². The zero-order valence-corrected chi connectivity index (χ0v) is 9.70. The van der Waals surface area contributed by atoms with Gasteiger partial charge in [-0.25, -0.2) is 4.79 Å². The molecule has 1 aromatic carbocycles. The second kappa shape index (κ2) is 4.20. The van der Waals surface area contributed by atoms with Crippen LogP contribution in [0.5, 0.6) is 0 Å². The molecule has 1 aliphatic heterocycles. The molecule has 0 aliphatic carbocycles. The Morgan fingerprint density at radius 1 is 1.53 bits per heavy atom. The first-order valence-electron chi connectivity index (χ1n) is 4.72. The van der Waals surface area contributed by atoms with E-state index in [1.54, 1.807) is 4.90 Å². The number of nitrogens with zero attached hydrogens (tertiary/aromatic N) is 1. The van der Waals surface area contributed by atoms with Gasteiger partial charge in [-0.05, 0) is 18.2 Å². The van der Waals surface area contributed by atoms with Crippen LogP contribution in [0.15, 0.2) is 28.7 Å². The molecule has 1 fully saturated rings. The third-order valence-corrected chi connectivity index (χ3v) is 2.77. The highest BCUT2D eigenvalue weighted by Gasteiger charge is 2.27. The molecule has 0 saturated carbocycles. The van der Waals surface area contributed by atoms with Crippen LogP contribution in [0.3, 0.4) is 0 Å². The van der Waals surface area contributed by atoms with Crippen LogP contribution >= 0.6 is 15.9 Å². The van der Waals surface area contributed by atoms with E-state index in [1.165, 1.54) is 0 Å². The molecule has 1 saturated heterocycles. The second-order valence-corrected chi connectivity index (χ2v) is 4.52. The average molecular weight is 270 g/mol. The van der Waals surface area contributed by atoms with Crippen molar-refractivity contribution in [1.82, 2.24) is 4.90 Å². The maximum atomic E-state index is 11.6. The fraction of sp³-hybridized carbons (Fsp3) is 0.300. The third-order valence-electron chi connectivity index (χ3n) is 2.27. The van der Waals surface area contributed by atoms with Gasteiger partial charge < -0.3 is 16.0 Å². The molecule has 1 heterocycles. The third kappa shape index (κ3) is 2.49. The van der Waals surface area contributed by atoms with Crippen molar-refractivity contribution < 1.29 is 4.79 Å². The minimum Gasteiger partial charge on any atom is -0.325 e. The van der Waals surface area contributed by atoms with Crippen molar-refractivity contribution in [3.05, 3.63) is 28.7 Å². The molecule has 80 valence electrons. The van der Waals surface area contributed by atoms with E-state index >= 15 is 0 Å². The number of nitrogens with one attached hydrogen (secondary N) is 1. The maximum absolute atomic E-state index is 11.6. The summed E-state index contributed by atoms with van der Waals surface area (Å²) in [6.07, 6.45) is 0. The van der Waals surface area contributed by atoms with Gasteiger partial charge in [-0.1, -0.05) is 22.0 Å². The Hall–Kier alpha value is -1.07. The molecule has 0 atom stereocenters. The smallest absolute Gasteiger partial charge is 0.321 e. The standard InChI is InChI=1S/C10H12BrN3O/c11-7-2-1-3-9(4-7)13-10(15)14-5-8(12)6-14/h1-4,8H,5-6,12H2,(H,13,15). The van der Waals surface area contributed by atoms with E-state index in [0.29, 0.717) is 13.1 Å². The van der Waals surface area contributed by atoms with Crippen LogP contribution in [0.4, 0.5) is 10.5 Å². The topological polar surface area (TPSA) is 58.4 Å². The zero-order valence-electron chi connectivity index (χ0n) is 8.11. The number of benzene rings is 1. The quantitative estimate of drug-likeness (QED) is 0.814. The number of halogens is 1. The van der Waals surface area contributed by atoms with Gasteiger partial charge in [-0.2, -0.15) is 0 Å². The number of anilines is 1. The monoisotopic (exact) mass is 269 g/mol. The van der Waals surface area contributed by atoms with Crippen molar-refractivity contribution in [3.63, 3.8) is 0 Å². The number of hydrogen-bond donors (Lipinski definition) is 2. The van der Waals surface area contributed by atoms with Gasteiger partial charge in [0.25, 0.3) is 0 Å². The Morgan fingerprint density at radius 2 is 2.27 bits per heavy atom. The minimum atomic E-state index is -0.0881. The summed E-state index contributed by atoms with van der Waals surface area (Å²) in [5.74, 6) is 0. The molecule has 0 spiro atoms. The summed E-state index contributed by atoms with van der Waals surface area (Å²) in [6, 6.07) is 7.55. The Labute approximate surface area is 96.6 Å². The van der Waals surface area contributed by atoms with Crippen LogP contribution in [0.25, 0.3) is 0 Å². The Bertz CT molecular complexity index is 377. The van der Waals surface area contributed by atoms with Crippen molar-refractivity contribution in [2.75, 3.05) is 18.4 Å². The Morgan fingerprint density at radius 3 is 2.87 bits per heavy atom. The SMILES string of the molecule is NC1CN(C(=O)Nc2cccc(Br)c2)C1. The van der Waals surface area contributed by atoms with E-state index in [4.69, 9.17) is 5.73 Å². The molecule has 0 unspecified atom stereocenters. The van der Waals surface area contributed by atoms with Gasteiger partial charge in [-0.15, -0.1) is 0 Å². The van der Waals surface area contributed by atoms with Crippen molar-refractivity contribution >= 4 is 27.6 Å². The van der Waals surface area contributed by atoms with Crippen LogP contribution in [0.1, 0.15) is 0 Å². The lowest BCUT2D eigenvalue weighted by atomic mass is 10.1. The fourth-order valence-electron chi connectivity index (χ4n) is 1.45. The summed E-state index contributed by atoms with van der Waals surface area (Å²) in [4.78, 5) is 13.3. The fourth-order valence-corrected chi connectivity index (χ4v) is 1.85. The van der Waals surface area contributed by atoms with Gasteiger partial charge in [0.05, 0.1) is 0 Å². The summed E-state index contributed by atoms with van der Waals surface area (Å²) >= 11 is 3.34. The lowest BCUT2D eigenvalue weighted by molar-refractivity contribution is 0.165. The molecule has 4 nitrogen and oxygen atoms in total. The maximum Gasteiger partial charge on any atom is 0.321 e. The van der Waals surface area contributed by atoms with Crippen molar-refractivity contribution in [2.45, 2.75) is 6.04 Å². The van der Waals surface area contributed by atoms with Crippen molar-refractivity contribution in [2.24, 2.45) is 5.73 Å². The van der Waals surface area contributed by atoms with E-state index in [1.807, 2.05) is 24.3 Å². The highest BCUT2D eigenvalue weighted by molar-refractivity contribution is 9.10. The molecule has 0 aromatic heterocycles. The number of carbonyl (C=O) groups excluding carboxylic acids is 1. The summed E-state index contributed by atoms with van der Waals surface area (Å²) in [7, 11) is 0. The highest BCUT2D eigenvalue weighted by Crippen LogP contribution is 2.17. The average Bonchev–Trinajstić information content (AvgIpc) is 2.13. The first kappa shape index (κ1) is 10.4. The molecule has 0 bridgehead atoms. The van der Waals surface area contributed by atoms with E-state index in [0.717, 1.165) is 10.2 Å². The molecular weight excluding hydrogens is 258 g/mol.